The molecular formula is C68H131NO8P+. The van der Waals surface area contributed by atoms with Crippen LogP contribution in [0.4, 0.5) is 0 Å². The van der Waals surface area contributed by atoms with Gasteiger partial charge in [-0.1, -0.05) is 307 Å². The van der Waals surface area contributed by atoms with Crippen LogP contribution in [0.25, 0.3) is 0 Å². The fourth-order valence-electron chi connectivity index (χ4n) is 9.97. The highest BCUT2D eigenvalue weighted by Gasteiger charge is 2.27. The summed E-state index contributed by atoms with van der Waals surface area (Å²) in [5, 5.41) is 0. The number of carbonyl (C=O) groups excluding carboxylic acids is 2. The number of phosphoric ester groups is 1. The number of likely N-dealkylation sites (N-methyl/N-ethyl adjacent to an activating group) is 1. The first-order valence-electron chi connectivity index (χ1n) is 33.7. The van der Waals surface area contributed by atoms with Crippen molar-refractivity contribution in [1.82, 2.24) is 0 Å². The molecule has 78 heavy (non-hydrogen) atoms. The predicted octanol–water partition coefficient (Wildman–Crippen LogP) is 21.5. The number of allylic oxidation sites excluding steroid dienone is 6. The number of nitrogens with zero attached hydrogens (tertiary/aromatic N) is 1. The topological polar surface area (TPSA) is 108 Å². The molecule has 1 N–H and O–H groups in total. The van der Waals surface area contributed by atoms with E-state index in [1.54, 1.807) is 0 Å². The highest BCUT2D eigenvalue weighted by molar-refractivity contribution is 7.47. The zero-order valence-corrected chi connectivity index (χ0v) is 53.3. The first kappa shape index (κ1) is 76.2. The van der Waals surface area contributed by atoms with Crippen molar-refractivity contribution >= 4 is 19.8 Å². The summed E-state index contributed by atoms with van der Waals surface area (Å²) in [5.74, 6) is -0.796. The van der Waals surface area contributed by atoms with Crippen molar-refractivity contribution in [1.29, 1.82) is 0 Å². The van der Waals surface area contributed by atoms with Gasteiger partial charge in [0, 0.05) is 12.8 Å². The zero-order chi connectivity index (χ0) is 57.0. The summed E-state index contributed by atoms with van der Waals surface area (Å²) in [6, 6.07) is 0. The molecule has 0 aromatic heterocycles. The van der Waals surface area contributed by atoms with E-state index in [2.05, 4.69) is 50.3 Å². The molecule has 0 radical (unpaired) electrons. The zero-order valence-electron chi connectivity index (χ0n) is 52.4. The molecule has 0 fully saturated rings. The number of carbonyl (C=O) groups is 2. The maximum Gasteiger partial charge on any atom is 0.472 e. The molecule has 0 spiro atoms. The van der Waals surface area contributed by atoms with Gasteiger partial charge in [-0.15, -0.1) is 0 Å². The van der Waals surface area contributed by atoms with Gasteiger partial charge in [-0.05, 0) is 51.4 Å². The van der Waals surface area contributed by atoms with Crippen molar-refractivity contribution in [3.63, 3.8) is 0 Å². The van der Waals surface area contributed by atoms with E-state index in [4.69, 9.17) is 18.5 Å². The van der Waals surface area contributed by atoms with Crippen molar-refractivity contribution in [2.24, 2.45) is 0 Å². The second kappa shape index (κ2) is 59.8. The summed E-state index contributed by atoms with van der Waals surface area (Å²) in [6.07, 6.45) is 75.4. The second-order valence-electron chi connectivity index (χ2n) is 24.2. The minimum atomic E-state index is -4.39. The average molecular weight is 1120 g/mol. The van der Waals surface area contributed by atoms with E-state index in [0.717, 1.165) is 70.6 Å². The van der Waals surface area contributed by atoms with Crippen LogP contribution in [0, 0.1) is 0 Å². The van der Waals surface area contributed by atoms with Gasteiger partial charge in [0.1, 0.15) is 19.8 Å². The van der Waals surface area contributed by atoms with E-state index in [1.807, 2.05) is 21.1 Å². The molecule has 0 rings (SSSR count). The number of phosphoric acid groups is 1. The molecule has 2 unspecified atom stereocenters. The van der Waals surface area contributed by atoms with Crippen molar-refractivity contribution in [2.45, 2.75) is 341 Å². The van der Waals surface area contributed by atoms with Gasteiger partial charge in [0.2, 0.25) is 0 Å². The minimum Gasteiger partial charge on any atom is -0.462 e. The smallest absolute Gasteiger partial charge is 0.462 e. The lowest BCUT2D eigenvalue weighted by atomic mass is 10.0. The van der Waals surface area contributed by atoms with Gasteiger partial charge in [-0.25, -0.2) is 4.57 Å². The van der Waals surface area contributed by atoms with Crippen LogP contribution in [-0.4, -0.2) is 74.9 Å². The first-order valence-corrected chi connectivity index (χ1v) is 35.2. The minimum absolute atomic E-state index is 0.0302. The molecule has 0 aliphatic rings. The Morgan fingerprint density at radius 3 is 1.03 bits per heavy atom. The van der Waals surface area contributed by atoms with Gasteiger partial charge in [-0.2, -0.15) is 0 Å². The molecule has 0 amide bonds. The standard InChI is InChI=1S/C68H130NO8P/c1-6-8-10-12-14-16-18-20-22-24-26-28-29-30-31-32-33-34-35-36-37-38-39-41-42-44-46-48-50-52-54-56-58-60-67(70)74-64-66(65-76-78(72,73)75-63-62-69(3,4)5)77-68(71)61-59-57-55-53-51-49-47-45-43-40-27-25-23-21-19-17-15-13-11-9-7-2/h19,21,25,27,43,45,66H,6-18,20,22-24,26,28-42,44,46-65H2,1-5H3/p+1/b21-19-,27-25-,45-43-. The molecule has 0 aromatic carbocycles. The van der Waals surface area contributed by atoms with Crippen molar-refractivity contribution < 1.29 is 42.1 Å². The van der Waals surface area contributed by atoms with Crippen molar-refractivity contribution in [3.05, 3.63) is 36.5 Å². The van der Waals surface area contributed by atoms with Gasteiger partial charge in [0.05, 0.1) is 27.7 Å². The third-order valence-corrected chi connectivity index (χ3v) is 16.2. The highest BCUT2D eigenvalue weighted by atomic mass is 31.2. The van der Waals surface area contributed by atoms with Crippen LogP contribution in [0.15, 0.2) is 36.5 Å². The van der Waals surface area contributed by atoms with E-state index in [-0.39, 0.29) is 25.6 Å². The largest absolute Gasteiger partial charge is 0.472 e. The Labute approximate surface area is 484 Å². The molecule has 0 aliphatic heterocycles. The van der Waals surface area contributed by atoms with E-state index in [9.17, 15) is 19.0 Å². The monoisotopic (exact) mass is 1120 g/mol. The molecule has 2 atom stereocenters. The van der Waals surface area contributed by atoms with Crippen molar-refractivity contribution in [2.75, 3.05) is 47.5 Å². The Morgan fingerprint density at radius 2 is 0.692 bits per heavy atom. The summed E-state index contributed by atoms with van der Waals surface area (Å²) >= 11 is 0. The Balaban J connectivity index is 4.00. The summed E-state index contributed by atoms with van der Waals surface area (Å²) in [7, 11) is 1.48. The Morgan fingerprint density at radius 1 is 0.397 bits per heavy atom. The number of ether oxygens (including phenoxy) is 2. The van der Waals surface area contributed by atoms with E-state index in [1.165, 1.54) is 231 Å². The summed E-state index contributed by atoms with van der Waals surface area (Å²) < 4.78 is 34.7. The summed E-state index contributed by atoms with van der Waals surface area (Å²) in [6.45, 7) is 4.46. The van der Waals surface area contributed by atoms with Crippen LogP contribution in [0.5, 0.6) is 0 Å². The average Bonchev–Trinajstić information content (AvgIpc) is 3.41. The second-order valence-corrected chi connectivity index (χ2v) is 25.7. The normalized spacial score (nSPS) is 13.4. The molecule has 0 aliphatic carbocycles. The number of hydrogen-bond donors (Lipinski definition) is 1. The SMILES string of the molecule is CCCCCCC/C=C\C/C=C\C/C=C\CCCCCCCCC(=O)OC(COC(=O)CCCCCCCCCCCCCCCCCCCCCCCCCCCCCCCCCCC)COP(=O)(O)OCC[N+](C)(C)C. The molecule has 9 nitrogen and oxygen atoms in total. The molecule has 0 heterocycles. The van der Waals surface area contributed by atoms with Crippen LogP contribution < -0.4 is 0 Å². The highest BCUT2D eigenvalue weighted by Crippen LogP contribution is 2.43. The fraction of sp³-hybridized carbons (Fsp3) is 0.882. The van der Waals surface area contributed by atoms with Gasteiger partial charge in [0.15, 0.2) is 6.10 Å². The van der Waals surface area contributed by atoms with Crippen LogP contribution in [0.1, 0.15) is 335 Å². The Bertz CT molecular complexity index is 1410. The molecular weight excluding hydrogens is 990 g/mol. The number of quaternary nitrogens is 1. The predicted molar refractivity (Wildman–Crippen MR) is 335 cm³/mol. The molecule has 0 aromatic rings. The fourth-order valence-corrected chi connectivity index (χ4v) is 10.7. The maximum atomic E-state index is 12.8. The van der Waals surface area contributed by atoms with Crippen LogP contribution in [-0.2, 0) is 32.7 Å². The molecule has 0 saturated carbocycles. The molecule has 460 valence electrons. The van der Waals surface area contributed by atoms with Gasteiger partial charge in [-0.3, -0.25) is 18.6 Å². The van der Waals surface area contributed by atoms with E-state index < -0.39 is 26.5 Å². The third-order valence-electron chi connectivity index (χ3n) is 15.2. The third kappa shape index (κ3) is 63.4. The van der Waals surface area contributed by atoms with Crippen LogP contribution >= 0.6 is 7.82 Å². The molecule has 0 bridgehead atoms. The number of unbranched alkanes of at least 4 members (excludes halogenated alkanes) is 43. The van der Waals surface area contributed by atoms with E-state index >= 15 is 0 Å². The number of rotatable bonds is 63. The molecule has 10 heteroatoms. The van der Waals surface area contributed by atoms with Crippen LogP contribution in [0.3, 0.4) is 0 Å². The lowest BCUT2D eigenvalue weighted by Crippen LogP contribution is -2.37. The van der Waals surface area contributed by atoms with Gasteiger partial charge in [0.25, 0.3) is 0 Å². The van der Waals surface area contributed by atoms with Crippen molar-refractivity contribution in [3.8, 4) is 0 Å². The first-order chi connectivity index (χ1) is 38.0. The van der Waals surface area contributed by atoms with Gasteiger partial charge >= 0.3 is 19.8 Å². The number of hydrogen-bond acceptors (Lipinski definition) is 7. The number of esters is 2. The maximum absolute atomic E-state index is 12.8. The summed E-state index contributed by atoms with van der Waals surface area (Å²) in [5.41, 5.74) is 0. The Hall–Kier alpha value is -1.77. The van der Waals surface area contributed by atoms with Crippen LogP contribution in [0.2, 0.25) is 0 Å². The Kier molecular flexibility index (Phi) is 58.5. The lowest BCUT2D eigenvalue weighted by Gasteiger charge is -2.24. The van der Waals surface area contributed by atoms with Gasteiger partial charge < -0.3 is 18.9 Å². The van der Waals surface area contributed by atoms with E-state index in [0.29, 0.717) is 23.9 Å². The molecule has 0 saturated heterocycles. The lowest BCUT2D eigenvalue weighted by molar-refractivity contribution is -0.870. The summed E-state index contributed by atoms with van der Waals surface area (Å²) in [4.78, 5) is 35.8. The quantitative estimate of drug-likeness (QED) is 0.0211.